The van der Waals surface area contributed by atoms with E-state index in [2.05, 4.69) is 22.2 Å². The van der Waals surface area contributed by atoms with Crippen molar-refractivity contribution >= 4 is 11.0 Å². The number of pyridine rings is 1. The van der Waals surface area contributed by atoms with Crippen molar-refractivity contribution in [3.63, 3.8) is 0 Å². The zero-order valence-corrected chi connectivity index (χ0v) is 16.2. The van der Waals surface area contributed by atoms with Crippen LogP contribution in [0, 0.1) is 0 Å². The SMILES string of the molecule is CCC(CCO)c1cn(Cc2ccc3c(-c4cccnc4)cc(=O)oc3c2)nn1. The van der Waals surface area contributed by atoms with Gasteiger partial charge in [0.2, 0.25) is 0 Å². The van der Waals surface area contributed by atoms with E-state index in [1.165, 1.54) is 6.07 Å². The molecule has 0 fully saturated rings. The minimum Gasteiger partial charge on any atom is -0.423 e. The van der Waals surface area contributed by atoms with Crippen LogP contribution in [0.1, 0.15) is 36.9 Å². The Morgan fingerprint density at radius 3 is 2.90 bits per heavy atom. The van der Waals surface area contributed by atoms with Gasteiger partial charge in [0, 0.05) is 53.7 Å². The first-order chi connectivity index (χ1) is 14.2. The summed E-state index contributed by atoms with van der Waals surface area (Å²) >= 11 is 0. The molecule has 1 unspecified atom stereocenters. The molecular formula is C22H22N4O3. The normalized spacial score (nSPS) is 12.3. The Kier molecular flexibility index (Phi) is 5.48. The second-order valence-electron chi connectivity index (χ2n) is 7.01. The first kappa shape index (κ1) is 19.0. The number of fused-ring (bicyclic) bond motifs is 1. The molecule has 0 saturated carbocycles. The van der Waals surface area contributed by atoms with E-state index < -0.39 is 5.63 Å². The quantitative estimate of drug-likeness (QED) is 0.486. The fourth-order valence-electron chi connectivity index (χ4n) is 3.55. The molecule has 1 N–H and O–H groups in total. The molecule has 1 atom stereocenters. The molecule has 0 amide bonds. The smallest absolute Gasteiger partial charge is 0.336 e. The van der Waals surface area contributed by atoms with Gasteiger partial charge in [-0.05, 0) is 30.5 Å². The van der Waals surface area contributed by atoms with Crippen molar-refractivity contribution in [1.29, 1.82) is 0 Å². The van der Waals surface area contributed by atoms with Gasteiger partial charge in [0.1, 0.15) is 5.58 Å². The van der Waals surface area contributed by atoms with Crippen molar-refractivity contribution in [3.05, 3.63) is 76.7 Å². The highest BCUT2D eigenvalue weighted by atomic mass is 16.4. The highest BCUT2D eigenvalue weighted by Gasteiger charge is 2.14. The Labute approximate surface area is 167 Å². The van der Waals surface area contributed by atoms with Crippen LogP contribution in [0.25, 0.3) is 22.1 Å². The minimum absolute atomic E-state index is 0.133. The Morgan fingerprint density at radius 2 is 2.14 bits per heavy atom. The molecule has 0 aliphatic rings. The summed E-state index contributed by atoms with van der Waals surface area (Å²) in [5.74, 6) is 0.199. The summed E-state index contributed by atoms with van der Waals surface area (Å²) in [6.45, 7) is 2.72. The maximum atomic E-state index is 12.1. The number of rotatable bonds is 7. The van der Waals surface area contributed by atoms with E-state index in [-0.39, 0.29) is 12.5 Å². The van der Waals surface area contributed by atoms with Crippen molar-refractivity contribution in [3.8, 4) is 11.1 Å². The van der Waals surface area contributed by atoms with E-state index in [0.29, 0.717) is 18.5 Å². The Hall–Kier alpha value is -3.32. The average molecular weight is 390 g/mol. The minimum atomic E-state index is -0.397. The molecule has 7 nitrogen and oxygen atoms in total. The van der Waals surface area contributed by atoms with Crippen LogP contribution in [0.15, 0.2) is 64.2 Å². The van der Waals surface area contributed by atoms with Gasteiger partial charge in [-0.1, -0.05) is 30.3 Å². The number of aromatic nitrogens is 4. The Bertz CT molecular complexity index is 1170. The van der Waals surface area contributed by atoms with E-state index in [9.17, 15) is 9.90 Å². The van der Waals surface area contributed by atoms with Gasteiger partial charge >= 0.3 is 5.63 Å². The molecule has 3 aromatic heterocycles. The number of hydrogen-bond donors (Lipinski definition) is 1. The summed E-state index contributed by atoms with van der Waals surface area (Å²) in [5.41, 5.74) is 3.64. The molecule has 0 radical (unpaired) electrons. The van der Waals surface area contributed by atoms with Gasteiger partial charge in [-0.3, -0.25) is 4.98 Å². The lowest BCUT2D eigenvalue weighted by atomic mass is 10.00. The lowest BCUT2D eigenvalue weighted by Gasteiger charge is -2.09. The van der Waals surface area contributed by atoms with E-state index in [0.717, 1.165) is 34.2 Å². The summed E-state index contributed by atoms with van der Waals surface area (Å²) in [4.78, 5) is 16.2. The lowest BCUT2D eigenvalue weighted by Crippen LogP contribution is -2.02. The number of aliphatic hydroxyl groups excluding tert-OH is 1. The van der Waals surface area contributed by atoms with Gasteiger partial charge in [0.25, 0.3) is 0 Å². The largest absolute Gasteiger partial charge is 0.423 e. The fourth-order valence-corrected chi connectivity index (χ4v) is 3.55. The van der Waals surface area contributed by atoms with Crippen molar-refractivity contribution in [2.75, 3.05) is 6.61 Å². The molecule has 4 rings (SSSR count). The molecule has 4 aromatic rings. The molecule has 3 heterocycles. The van der Waals surface area contributed by atoms with Gasteiger partial charge in [-0.25, -0.2) is 9.48 Å². The lowest BCUT2D eigenvalue weighted by molar-refractivity contribution is 0.273. The zero-order chi connectivity index (χ0) is 20.2. The summed E-state index contributed by atoms with van der Waals surface area (Å²) in [6.07, 6.45) is 6.92. The van der Waals surface area contributed by atoms with Gasteiger partial charge < -0.3 is 9.52 Å². The van der Waals surface area contributed by atoms with Crippen LogP contribution in [0.3, 0.4) is 0 Å². The first-order valence-corrected chi connectivity index (χ1v) is 9.66. The highest BCUT2D eigenvalue weighted by molar-refractivity contribution is 5.93. The van der Waals surface area contributed by atoms with E-state index in [4.69, 9.17) is 4.42 Å². The van der Waals surface area contributed by atoms with Crippen molar-refractivity contribution in [2.45, 2.75) is 32.2 Å². The van der Waals surface area contributed by atoms with Crippen LogP contribution in [0.4, 0.5) is 0 Å². The van der Waals surface area contributed by atoms with E-state index in [1.807, 2.05) is 36.5 Å². The second-order valence-corrected chi connectivity index (χ2v) is 7.01. The molecule has 1 aromatic carbocycles. The molecular weight excluding hydrogens is 368 g/mol. The molecule has 29 heavy (non-hydrogen) atoms. The molecule has 0 bridgehead atoms. The monoisotopic (exact) mass is 390 g/mol. The first-order valence-electron chi connectivity index (χ1n) is 9.66. The van der Waals surface area contributed by atoms with Crippen LogP contribution < -0.4 is 5.63 Å². The molecule has 0 aliphatic heterocycles. The van der Waals surface area contributed by atoms with Gasteiger partial charge in [-0.2, -0.15) is 0 Å². The zero-order valence-electron chi connectivity index (χ0n) is 16.2. The third-order valence-corrected chi connectivity index (χ3v) is 5.07. The predicted molar refractivity (Wildman–Crippen MR) is 110 cm³/mol. The molecule has 7 heteroatoms. The third-order valence-electron chi connectivity index (χ3n) is 5.07. The maximum absolute atomic E-state index is 12.1. The number of hydrogen-bond acceptors (Lipinski definition) is 6. The van der Waals surface area contributed by atoms with Crippen LogP contribution in [-0.4, -0.2) is 31.7 Å². The molecule has 148 valence electrons. The van der Waals surface area contributed by atoms with E-state index >= 15 is 0 Å². The van der Waals surface area contributed by atoms with Crippen molar-refractivity contribution in [2.24, 2.45) is 0 Å². The predicted octanol–water partition coefficient (Wildman–Crippen LogP) is 3.37. The third kappa shape index (κ3) is 4.09. The summed E-state index contributed by atoms with van der Waals surface area (Å²) in [6, 6.07) is 11.1. The second kappa shape index (κ2) is 8.36. The van der Waals surface area contributed by atoms with E-state index in [1.54, 1.807) is 17.1 Å². The summed E-state index contributed by atoms with van der Waals surface area (Å²) < 4.78 is 7.21. The fraction of sp³-hybridized carbons (Fsp3) is 0.273. The maximum Gasteiger partial charge on any atom is 0.336 e. The topological polar surface area (TPSA) is 94.0 Å². The highest BCUT2D eigenvalue weighted by Crippen LogP contribution is 2.27. The standard InChI is InChI=1S/C22H22N4O3/c1-2-16(7-9-27)20-14-26(25-24-20)13-15-5-6-18-19(17-4-3-8-23-12-17)11-22(28)29-21(18)10-15/h3-6,8,10-12,14,16,27H,2,7,9,13H2,1H3. The van der Waals surface area contributed by atoms with Gasteiger partial charge in [0.15, 0.2) is 0 Å². The van der Waals surface area contributed by atoms with Crippen molar-refractivity contribution < 1.29 is 9.52 Å². The summed E-state index contributed by atoms with van der Waals surface area (Å²) in [5, 5.41) is 18.5. The van der Waals surface area contributed by atoms with Gasteiger partial charge in [-0.15, -0.1) is 5.10 Å². The number of nitrogens with zero attached hydrogens (tertiary/aromatic N) is 4. The van der Waals surface area contributed by atoms with Crippen LogP contribution in [0.2, 0.25) is 0 Å². The average Bonchev–Trinajstić information content (AvgIpc) is 3.20. The number of aliphatic hydroxyl groups is 1. The molecule has 0 saturated heterocycles. The van der Waals surface area contributed by atoms with Crippen molar-refractivity contribution in [1.82, 2.24) is 20.0 Å². The van der Waals surface area contributed by atoms with Gasteiger partial charge in [0.05, 0.1) is 12.2 Å². The Morgan fingerprint density at radius 1 is 1.24 bits per heavy atom. The summed E-state index contributed by atoms with van der Waals surface area (Å²) in [7, 11) is 0. The van der Waals surface area contributed by atoms with Crippen LogP contribution in [0.5, 0.6) is 0 Å². The molecule has 0 aliphatic carbocycles. The molecule has 0 spiro atoms. The number of benzene rings is 1. The van der Waals surface area contributed by atoms with Crippen LogP contribution >= 0.6 is 0 Å². The Balaban J connectivity index is 1.65. The van der Waals surface area contributed by atoms with Crippen LogP contribution in [-0.2, 0) is 6.54 Å².